The molecule has 0 spiro atoms. The number of aliphatic hydroxyl groups excluding tert-OH is 1. The predicted molar refractivity (Wildman–Crippen MR) is 59.0 cm³/mol. The minimum Gasteiger partial charge on any atom is -0.493 e. The minimum atomic E-state index is -0.283. The van der Waals surface area contributed by atoms with E-state index in [0.29, 0.717) is 18.8 Å². The SMILES string of the molecule is CCC(O)CCOc1ccc2c(c1)OCO2. The number of aliphatic hydroxyl groups is 1. The van der Waals surface area contributed by atoms with Crippen LogP contribution >= 0.6 is 0 Å². The summed E-state index contributed by atoms with van der Waals surface area (Å²) in [5.41, 5.74) is 0. The van der Waals surface area contributed by atoms with Crippen LogP contribution in [0.2, 0.25) is 0 Å². The maximum atomic E-state index is 9.37. The molecular formula is C12H16O4. The Morgan fingerprint density at radius 3 is 3.00 bits per heavy atom. The molecule has 0 bridgehead atoms. The normalized spacial score (nSPS) is 14.9. The van der Waals surface area contributed by atoms with Crippen LogP contribution in [0, 0.1) is 0 Å². The van der Waals surface area contributed by atoms with Gasteiger partial charge in [0, 0.05) is 12.5 Å². The molecule has 1 atom stereocenters. The number of fused-ring (bicyclic) bond motifs is 1. The third-order valence-corrected chi connectivity index (χ3v) is 2.54. The van der Waals surface area contributed by atoms with Gasteiger partial charge in [-0.3, -0.25) is 0 Å². The fourth-order valence-corrected chi connectivity index (χ4v) is 1.48. The summed E-state index contributed by atoms with van der Waals surface area (Å²) >= 11 is 0. The molecule has 0 radical (unpaired) electrons. The number of benzene rings is 1. The van der Waals surface area contributed by atoms with Crippen molar-refractivity contribution in [2.24, 2.45) is 0 Å². The summed E-state index contributed by atoms with van der Waals surface area (Å²) in [6, 6.07) is 5.47. The van der Waals surface area contributed by atoms with Gasteiger partial charge in [-0.05, 0) is 18.6 Å². The molecule has 0 saturated heterocycles. The third kappa shape index (κ3) is 2.58. The van der Waals surface area contributed by atoms with E-state index in [4.69, 9.17) is 14.2 Å². The Labute approximate surface area is 94.8 Å². The van der Waals surface area contributed by atoms with Crippen molar-refractivity contribution in [3.63, 3.8) is 0 Å². The van der Waals surface area contributed by atoms with Crippen molar-refractivity contribution < 1.29 is 19.3 Å². The van der Waals surface area contributed by atoms with Crippen molar-refractivity contribution in [1.29, 1.82) is 0 Å². The van der Waals surface area contributed by atoms with E-state index in [2.05, 4.69) is 0 Å². The first kappa shape index (κ1) is 11.1. The smallest absolute Gasteiger partial charge is 0.231 e. The third-order valence-electron chi connectivity index (χ3n) is 2.54. The van der Waals surface area contributed by atoms with Crippen LogP contribution in [0.4, 0.5) is 0 Å². The average Bonchev–Trinajstić information content (AvgIpc) is 2.76. The molecule has 88 valence electrons. The summed E-state index contributed by atoms with van der Waals surface area (Å²) in [6.07, 6.45) is 1.11. The van der Waals surface area contributed by atoms with E-state index in [1.54, 1.807) is 6.07 Å². The van der Waals surface area contributed by atoms with Crippen LogP contribution in [0.3, 0.4) is 0 Å². The van der Waals surface area contributed by atoms with Gasteiger partial charge in [0.2, 0.25) is 6.79 Å². The lowest BCUT2D eigenvalue weighted by Gasteiger charge is -2.09. The summed E-state index contributed by atoms with van der Waals surface area (Å²) in [5, 5.41) is 9.37. The lowest BCUT2D eigenvalue weighted by atomic mass is 10.2. The minimum absolute atomic E-state index is 0.271. The summed E-state index contributed by atoms with van der Waals surface area (Å²) in [5.74, 6) is 2.21. The summed E-state index contributed by atoms with van der Waals surface area (Å²) in [4.78, 5) is 0. The molecule has 1 unspecified atom stereocenters. The molecule has 4 heteroatoms. The van der Waals surface area contributed by atoms with Crippen LogP contribution < -0.4 is 14.2 Å². The number of ether oxygens (including phenoxy) is 3. The summed E-state index contributed by atoms with van der Waals surface area (Å²) < 4.78 is 15.9. The van der Waals surface area contributed by atoms with Gasteiger partial charge in [0.05, 0.1) is 12.7 Å². The van der Waals surface area contributed by atoms with E-state index < -0.39 is 0 Å². The Hall–Kier alpha value is -1.42. The van der Waals surface area contributed by atoms with Gasteiger partial charge in [-0.15, -0.1) is 0 Å². The molecule has 1 heterocycles. The zero-order chi connectivity index (χ0) is 11.4. The van der Waals surface area contributed by atoms with Crippen molar-refractivity contribution in [1.82, 2.24) is 0 Å². The number of rotatable bonds is 5. The second-order valence-electron chi connectivity index (χ2n) is 3.71. The van der Waals surface area contributed by atoms with E-state index in [0.717, 1.165) is 17.9 Å². The summed E-state index contributed by atoms with van der Waals surface area (Å²) in [6.45, 7) is 2.73. The molecule has 2 rings (SSSR count). The van der Waals surface area contributed by atoms with E-state index in [-0.39, 0.29) is 12.9 Å². The molecule has 0 amide bonds. The van der Waals surface area contributed by atoms with Gasteiger partial charge in [0.25, 0.3) is 0 Å². The molecule has 16 heavy (non-hydrogen) atoms. The average molecular weight is 224 g/mol. The standard InChI is InChI=1S/C12H16O4/c1-2-9(13)5-6-14-10-3-4-11-12(7-10)16-8-15-11/h3-4,7,9,13H,2,5-6,8H2,1H3. The maximum Gasteiger partial charge on any atom is 0.231 e. The highest BCUT2D eigenvalue weighted by Gasteiger charge is 2.13. The lowest BCUT2D eigenvalue weighted by molar-refractivity contribution is 0.135. The van der Waals surface area contributed by atoms with Crippen molar-refractivity contribution in [2.75, 3.05) is 13.4 Å². The van der Waals surface area contributed by atoms with Crippen molar-refractivity contribution in [3.8, 4) is 17.2 Å². The molecule has 1 aliphatic heterocycles. The van der Waals surface area contributed by atoms with Crippen LogP contribution in [-0.2, 0) is 0 Å². The number of hydrogen-bond donors (Lipinski definition) is 1. The van der Waals surface area contributed by atoms with Gasteiger partial charge >= 0.3 is 0 Å². The highest BCUT2D eigenvalue weighted by molar-refractivity contribution is 5.46. The van der Waals surface area contributed by atoms with Crippen LogP contribution in [0.1, 0.15) is 19.8 Å². The fraction of sp³-hybridized carbons (Fsp3) is 0.500. The lowest BCUT2D eigenvalue weighted by Crippen LogP contribution is -2.10. The maximum absolute atomic E-state index is 9.37. The largest absolute Gasteiger partial charge is 0.493 e. The molecule has 1 N–H and O–H groups in total. The summed E-state index contributed by atoms with van der Waals surface area (Å²) in [7, 11) is 0. The molecule has 4 nitrogen and oxygen atoms in total. The van der Waals surface area contributed by atoms with Crippen molar-refractivity contribution in [3.05, 3.63) is 18.2 Å². The molecule has 1 aromatic rings. The number of hydrogen-bond acceptors (Lipinski definition) is 4. The Kier molecular flexibility index (Phi) is 3.51. The Morgan fingerprint density at radius 2 is 2.19 bits per heavy atom. The van der Waals surface area contributed by atoms with Crippen molar-refractivity contribution in [2.45, 2.75) is 25.9 Å². The van der Waals surface area contributed by atoms with Gasteiger partial charge < -0.3 is 19.3 Å². The second-order valence-corrected chi connectivity index (χ2v) is 3.71. The van der Waals surface area contributed by atoms with E-state index >= 15 is 0 Å². The first-order valence-electron chi connectivity index (χ1n) is 5.50. The zero-order valence-electron chi connectivity index (χ0n) is 9.31. The van der Waals surface area contributed by atoms with Crippen molar-refractivity contribution >= 4 is 0 Å². The van der Waals surface area contributed by atoms with Gasteiger partial charge in [-0.1, -0.05) is 6.92 Å². The molecule has 1 aromatic carbocycles. The first-order valence-corrected chi connectivity index (χ1v) is 5.50. The highest BCUT2D eigenvalue weighted by atomic mass is 16.7. The fourth-order valence-electron chi connectivity index (χ4n) is 1.48. The predicted octanol–water partition coefficient (Wildman–Crippen LogP) is 1.96. The van der Waals surface area contributed by atoms with Gasteiger partial charge in [-0.25, -0.2) is 0 Å². The molecule has 0 fully saturated rings. The Morgan fingerprint density at radius 1 is 1.38 bits per heavy atom. The first-order chi connectivity index (χ1) is 7.79. The molecular weight excluding hydrogens is 208 g/mol. The topological polar surface area (TPSA) is 47.9 Å². The van der Waals surface area contributed by atoms with Crippen LogP contribution in [0.5, 0.6) is 17.2 Å². The molecule has 0 saturated carbocycles. The van der Waals surface area contributed by atoms with Crippen LogP contribution in [-0.4, -0.2) is 24.6 Å². The quantitative estimate of drug-likeness (QED) is 0.830. The van der Waals surface area contributed by atoms with E-state index in [1.165, 1.54) is 0 Å². The monoisotopic (exact) mass is 224 g/mol. The molecule has 0 aliphatic carbocycles. The molecule has 0 aromatic heterocycles. The Balaban J connectivity index is 1.86. The van der Waals surface area contributed by atoms with Gasteiger partial charge in [0.15, 0.2) is 11.5 Å². The van der Waals surface area contributed by atoms with Gasteiger partial charge in [0.1, 0.15) is 5.75 Å². The van der Waals surface area contributed by atoms with E-state index in [1.807, 2.05) is 19.1 Å². The van der Waals surface area contributed by atoms with Crippen LogP contribution in [0.15, 0.2) is 18.2 Å². The Bertz CT molecular complexity index is 351. The van der Waals surface area contributed by atoms with Gasteiger partial charge in [-0.2, -0.15) is 0 Å². The van der Waals surface area contributed by atoms with Crippen LogP contribution in [0.25, 0.3) is 0 Å². The molecule has 1 aliphatic rings. The van der Waals surface area contributed by atoms with E-state index in [9.17, 15) is 5.11 Å². The highest BCUT2D eigenvalue weighted by Crippen LogP contribution is 2.35. The zero-order valence-corrected chi connectivity index (χ0v) is 9.31. The second kappa shape index (κ2) is 5.07.